The van der Waals surface area contributed by atoms with Crippen LogP contribution in [0.5, 0.6) is 5.75 Å². The van der Waals surface area contributed by atoms with Crippen LogP contribution in [-0.2, 0) is 26.7 Å². The Labute approximate surface area is 214 Å². The quantitative estimate of drug-likeness (QED) is 0.315. The molecular weight excluding hydrogens is 480 g/mol. The Morgan fingerprint density at radius 3 is 2.26 bits per heavy atom. The molecule has 5 rings (SSSR count). The predicted octanol–water partition coefficient (Wildman–Crippen LogP) is 5.24. The Morgan fingerprint density at radius 2 is 1.74 bits per heavy atom. The zero-order valence-corrected chi connectivity index (χ0v) is 23.3. The number of thiol groups is 1. The molecule has 1 aliphatic heterocycles. The Morgan fingerprint density at radius 1 is 1.06 bits per heavy atom. The summed E-state index contributed by atoms with van der Waals surface area (Å²) in [5.74, 6) is 3.67. The molecule has 3 fully saturated rings. The summed E-state index contributed by atoms with van der Waals surface area (Å²) in [5.41, 5.74) is 0.294. The first kappa shape index (κ1) is 26.5. The number of hydrogen-bond donors (Lipinski definition) is 0. The van der Waals surface area contributed by atoms with E-state index < -0.39 is 20.8 Å². The number of fused-ring (bicyclic) bond motifs is 3. The highest BCUT2D eigenvalue weighted by atomic mass is 32.2. The monoisotopic (exact) mass is 518 g/mol. The fourth-order valence-electron chi connectivity index (χ4n) is 6.27. The van der Waals surface area contributed by atoms with Gasteiger partial charge in [-0.15, -0.1) is 0 Å². The standard InChI is InChI=1S/C18H22OS.C10H16O4S/c1-18(2,3)19-16-9-8-13-6-4-5-7-15(13)17(16)14-10-11-20-12-14;1-9(2)6-4-5-10(9,3)8(11)7(6)15(12,13)14/h4-9,14H,10-12H2,1-3H3;6-7H,4-5H2,1-3H3,(H,12,13,14). The smallest absolute Gasteiger partial charge is 0.156 e. The lowest BCUT2D eigenvalue weighted by molar-refractivity contribution is -0.128. The molecule has 4 unspecified atom stereocenters. The van der Waals surface area contributed by atoms with Crippen molar-refractivity contribution in [2.75, 3.05) is 11.5 Å². The molecule has 4 atom stereocenters. The molecule has 1 heterocycles. The summed E-state index contributed by atoms with van der Waals surface area (Å²) in [7, 11) is -4.49. The van der Waals surface area contributed by atoms with Gasteiger partial charge in [-0.1, -0.05) is 51.1 Å². The number of hydrogen-bond acceptors (Lipinski definition) is 5. The molecule has 5 nitrogen and oxygen atoms in total. The SMILES string of the molecule is CC(C)(C)Oc1ccc2ccccc2c1C1CC[SH+]C1.CC12CCC(C(S(=O)(=O)[O-])C1=O)C2(C)C. The van der Waals surface area contributed by atoms with Crippen LogP contribution >= 0.6 is 0 Å². The third kappa shape index (κ3) is 4.76. The van der Waals surface area contributed by atoms with E-state index in [-0.39, 0.29) is 22.7 Å². The summed E-state index contributed by atoms with van der Waals surface area (Å²) >= 11 is 1.59. The van der Waals surface area contributed by atoms with Gasteiger partial charge in [-0.25, -0.2) is 8.42 Å². The first-order valence-electron chi connectivity index (χ1n) is 12.5. The minimum absolute atomic E-state index is 0.145. The minimum Gasteiger partial charge on any atom is -0.747 e. The lowest BCUT2D eigenvalue weighted by atomic mass is 9.70. The van der Waals surface area contributed by atoms with Gasteiger partial charge in [0.1, 0.15) is 38.2 Å². The summed E-state index contributed by atoms with van der Waals surface area (Å²) in [4.78, 5) is 12.0. The Bertz CT molecular complexity index is 1220. The summed E-state index contributed by atoms with van der Waals surface area (Å²) in [6.45, 7) is 12.0. The first-order valence-corrected chi connectivity index (χ1v) is 15.2. The summed E-state index contributed by atoms with van der Waals surface area (Å²) in [6.07, 6.45) is 2.66. The van der Waals surface area contributed by atoms with Gasteiger partial charge in [0.25, 0.3) is 0 Å². The highest BCUT2D eigenvalue weighted by Crippen LogP contribution is 2.64. The number of carbonyl (C=O) groups excluding carboxylic acids is 1. The van der Waals surface area contributed by atoms with Crippen molar-refractivity contribution in [1.82, 2.24) is 0 Å². The third-order valence-corrected chi connectivity index (χ3v) is 11.0. The molecule has 0 N–H and O–H groups in total. The highest BCUT2D eigenvalue weighted by molar-refractivity contribution is 7.87. The van der Waals surface area contributed by atoms with Crippen LogP contribution < -0.4 is 4.74 Å². The molecule has 3 aliphatic rings. The van der Waals surface area contributed by atoms with Crippen molar-refractivity contribution in [2.24, 2.45) is 16.7 Å². The maximum absolute atomic E-state index is 12.0. The molecule has 2 bridgehead atoms. The summed E-state index contributed by atoms with van der Waals surface area (Å²) < 4.78 is 39.5. The Hall–Kier alpha value is -1.57. The van der Waals surface area contributed by atoms with Gasteiger partial charge in [0.15, 0.2) is 5.78 Å². The molecule has 7 heteroatoms. The van der Waals surface area contributed by atoms with Gasteiger partial charge in [0.05, 0.1) is 0 Å². The molecule has 0 spiro atoms. The lowest BCUT2D eigenvalue weighted by Gasteiger charge is -2.32. The highest BCUT2D eigenvalue weighted by Gasteiger charge is 2.67. The van der Waals surface area contributed by atoms with Gasteiger partial charge >= 0.3 is 0 Å². The maximum atomic E-state index is 12.0. The molecule has 1 saturated heterocycles. The lowest BCUT2D eigenvalue weighted by Crippen LogP contribution is -2.38. The van der Waals surface area contributed by atoms with Crippen LogP contribution in [-0.4, -0.2) is 41.1 Å². The van der Waals surface area contributed by atoms with Crippen LogP contribution in [0.1, 0.15) is 72.3 Å². The number of rotatable bonds is 3. The van der Waals surface area contributed by atoms with Crippen molar-refractivity contribution < 1.29 is 22.5 Å². The van der Waals surface area contributed by atoms with Crippen molar-refractivity contribution in [2.45, 2.75) is 77.6 Å². The van der Waals surface area contributed by atoms with Crippen LogP contribution in [0.25, 0.3) is 10.8 Å². The van der Waals surface area contributed by atoms with E-state index in [2.05, 4.69) is 57.2 Å². The van der Waals surface area contributed by atoms with Crippen LogP contribution in [0.2, 0.25) is 0 Å². The van der Waals surface area contributed by atoms with E-state index in [1.54, 1.807) is 18.7 Å². The van der Waals surface area contributed by atoms with Crippen LogP contribution in [0.4, 0.5) is 0 Å². The van der Waals surface area contributed by atoms with E-state index in [0.29, 0.717) is 18.8 Å². The normalized spacial score (nSPS) is 29.8. The largest absolute Gasteiger partial charge is 0.747 e. The zero-order valence-electron chi connectivity index (χ0n) is 21.6. The van der Waals surface area contributed by atoms with Crippen LogP contribution in [0.3, 0.4) is 0 Å². The number of carbonyl (C=O) groups is 1. The molecule has 2 aliphatic carbocycles. The molecule has 2 aromatic carbocycles. The van der Waals surface area contributed by atoms with Crippen LogP contribution in [0.15, 0.2) is 36.4 Å². The Kier molecular flexibility index (Phi) is 6.87. The van der Waals surface area contributed by atoms with Crippen LogP contribution in [0, 0.1) is 16.7 Å². The molecule has 192 valence electrons. The fraction of sp³-hybridized carbons (Fsp3) is 0.607. The maximum Gasteiger partial charge on any atom is 0.156 e. The second kappa shape index (κ2) is 9.07. The second-order valence-corrected chi connectivity index (χ2v) is 14.8. The van der Waals surface area contributed by atoms with Crippen molar-refractivity contribution in [1.29, 1.82) is 0 Å². The van der Waals surface area contributed by atoms with E-state index in [1.165, 1.54) is 34.3 Å². The van der Waals surface area contributed by atoms with Gasteiger partial charge in [0, 0.05) is 23.3 Å². The van der Waals surface area contributed by atoms with E-state index in [0.717, 1.165) is 5.75 Å². The molecule has 0 aromatic heterocycles. The predicted molar refractivity (Wildman–Crippen MR) is 143 cm³/mol. The summed E-state index contributed by atoms with van der Waals surface area (Å²) in [5, 5.41) is 1.40. The van der Waals surface area contributed by atoms with Crippen molar-refractivity contribution in [3.8, 4) is 5.75 Å². The van der Waals surface area contributed by atoms with E-state index in [1.807, 2.05) is 13.8 Å². The molecule has 2 aromatic rings. The van der Waals surface area contributed by atoms with E-state index in [9.17, 15) is 17.8 Å². The van der Waals surface area contributed by atoms with Gasteiger partial charge in [-0.3, -0.25) is 4.79 Å². The Balaban J connectivity index is 0.000000172. The minimum atomic E-state index is -4.49. The van der Waals surface area contributed by atoms with Gasteiger partial charge in [0.2, 0.25) is 0 Å². The average molecular weight is 519 g/mol. The number of Topliss-reactive ketones (excluding diaryl/α,β-unsaturated/α-hetero) is 1. The van der Waals surface area contributed by atoms with Gasteiger partial charge in [-0.05, 0) is 73.5 Å². The topological polar surface area (TPSA) is 83.5 Å². The summed E-state index contributed by atoms with van der Waals surface area (Å²) in [6, 6.07) is 13.1. The van der Waals surface area contributed by atoms with Crippen molar-refractivity contribution in [3.05, 3.63) is 42.0 Å². The molecule has 2 saturated carbocycles. The third-order valence-electron chi connectivity index (χ3n) is 8.52. The molecule has 0 radical (unpaired) electrons. The average Bonchev–Trinajstić information content (AvgIpc) is 3.38. The van der Waals surface area contributed by atoms with E-state index in [4.69, 9.17) is 4.74 Å². The number of benzene rings is 2. The number of ketones is 1. The fourth-order valence-corrected chi connectivity index (χ4v) is 9.03. The molecule has 35 heavy (non-hydrogen) atoms. The van der Waals surface area contributed by atoms with Crippen molar-refractivity contribution in [3.63, 3.8) is 0 Å². The number of ether oxygens (including phenoxy) is 1. The molecular formula is C28H38O5S2. The van der Waals surface area contributed by atoms with E-state index >= 15 is 0 Å². The zero-order chi connectivity index (χ0) is 25.8. The second-order valence-electron chi connectivity index (χ2n) is 12.0. The molecule has 0 amide bonds. The van der Waals surface area contributed by atoms with Gasteiger partial charge in [-0.2, -0.15) is 0 Å². The first-order chi connectivity index (χ1) is 16.2. The van der Waals surface area contributed by atoms with Gasteiger partial charge < -0.3 is 9.29 Å². The van der Waals surface area contributed by atoms with Crippen molar-refractivity contribution >= 4 is 38.4 Å².